The Morgan fingerprint density at radius 1 is 1.24 bits per heavy atom. The molecule has 5 nitrogen and oxygen atoms in total. The smallest absolute Gasteiger partial charge is 0.251 e. The van der Waals surface area contributed by atoms with Crippen LogP contribution in [0.3, 0.4) is 0 Å². The maximum Gasteiger partial charge on any atom is 0.251 e. The molecule has 0 spiro atoms. The SMILES string of the molecule is O=C(NC1CC1)c1cccc(CNC2CCCC2C2COCCN2)c1. The van der Waals surface area contributed by atoms with Gasteiger partial charge in [-0.05, 0) is 49.3 Å². The summed E-state index contributed by atoms with van der Waals surface area (Å²) in [7, 11) is 0. The van der Waals surface area contributed by atoms with E-state index in [0.717, 1.165) is 44.7 Å². The molecule has 3 atom stereocenters. The predicted octanol–water partition coefficient (Wildman–Crippen LogP) is 1.83. The Balaban J connectivity index is 1.33. The highest BCUT2D eigenvalue weighted by Crippen LogP contribution is 2.29. The predicted molar refractivity (Wildman–Crippen MR) is 97.5 cm³/mol. The van der Waals surface area contributed by atoms with Gasteiger partial charge in [0, 0.05) is 36.8 Å². The molecular formula is C20H29N3O2. The van der Waals surface area contributed by atoms with Crippen LogP contribution in [-0.4, -0.2) is 43.8 Å². The lowest BCUT2D eigenvalue weighted by Gasteiger charge is -2.33. The second kappa shape index (κ2) is 7.85. The van der Waals surface area contributed by atoms with E-state index in [2.05, 4.69) is 22.0 Å². The summed E-state index contributed by atoms with van der Waals surface area (Å²) in [5.74, 6) is 0.702. The summed E-state index contributed by atoms with van der Waals surface area (Å²) >= 11 is 0. The molecule has 1 aromatic carbocycles. The Hall–Kier alpha value is -1.43. The van der Waals surface area contributed by atoms with Crippen molar-refractivity contribution in [3.8, 4) is 0 Å². The van der Waals surface area contributed by atoms with Crippen molar-refractivity contribution < 1.29 is 9.53 Å². The molecule has 0 radical (unpaired) electrons. The van der Waals surface area contributed by atoms with Gasteiger partial charge in [-0.1, -0.05) is 18.6 Å². The van der Waals surface area contributed by atoms with E-state index in [1.54, 1.807) is 0 Å². The summed E-state index contributed by atoms with van der Waals surface area (Å²) in [6.07, 6.45) is 6.02. The number of nitrogens with one attached hydrogen (secondary N) is 3. The first-order valence-electron chi connectivity index (χ1n) is 9.74. The highest BCUT2D eigenvalue weighted by atomic mass is 16.5. The lowest BCUT2D eigenvalue weighted by Crippen LogP contribution is -2.50. The number of morpholine rings is 1. The van der Waals surface area contributed by atoms with Crippen molar-refractivity contribution in [3.63, 3.8) is 0 Å². The minimum atomic E-state index is 0.0617. The molecule has 3 aliphatic rings. The molecular weight excluding hydrogens is 314 g/mol. The number of benzene rings is 1. The summed E-state index contributed by atoms with van der Waals surface area (Å²) in [5, 5.41) is 10.4. The summed E-state index contributed by atoms with van der Waals surface area (Å²) < 4.78 is 5.65. The summed E-state index contributed by atoms with van der Waals surface area (Å²) in [6.45, 7) is 3.45. The molecule has 1 heterocycles. The maximum atomic E-state index is 12.2. The van der Waals surface area contributed by atoms with Crippen molar-refractivity contribution in [3.05, 3.63) is 35.4 Å². The van der Waals surface area contributed by atoms with Crippen LogP contribution in [0.4, 0.5) is 0 Å². The molecule has 1 aromatic rings. The molecule has 5 heteroatoms. The average molecular weight is 343 g/mol. The number of rotatable bonds is 6. The van der Waals surface area contributed by atoms with Crippen molar-refractivity contribution >= 4 is 5.91 Å². The van der Waals surface area contributed by atoms with Gasteiger partial charge < -0.3 is 20.7 Å². The van der Waals surface area contributed by atoms with Gasteiger partial charge in [-0.2, -0.15) is 0 Å². The van der Waals surface area contributed by atoms with Crippen LogP contribution in [0.5, 0.6) is 0 Å². The standard InChI is InChI=1S/C20H29N3O2/c24-20(23-16-7-8-16)15-4-1-3-14(11-15)12-22-18-6-2-5-17(18)19-13-25-10-9-21-19/h1,3-4,11,16-19,21-22H,2,5-10,12-13H2,(H,23,24). The van der Waals surface area contributed by atoms with Crippen LogP contribution in [0, 0.1) is 5.92 Å². The minimum Gasteiger partial charge on any atom is -0.379 e. The number of hydrogen-bond acceptors (Lipinski definition) is 4. The van der Waals surface area contributed by atoms with Crippen LogP contribution in [0.1, 0.15) is 48.0 Å². The number of carbonyl (C=O) groups is 1. The van der Waals surface area contributed by atoms with Gasteiger partial charge in [0.15, 0.2) is 0 Å². The van der Waals surface area contributed by atoms with Crippen molar-refractivity contribution in [1.82, 2.24) is 16.0 Å². The lowest BCUT2D eigenvalue weighted by atomic mass is 9.94. The number of amides is 1. The van der Waals surface area contributed by atoms with Crippen molar-refractivity contribution in [2.75, 3.05) is 19.8 Å². The molecule has 4 rings (SSSR count). The average Bonchev–Trinajstić information content (AvgIpc) is 3.34. The largest absolute Gasteiger partial charge is 0.379 e. The fourth-order valence-corrected chi connectivity index (χ4v) is 4.15. The Morgan fingerprint density at radius 2 is 2.16 bits per heavy atom. The monoisotopic (exact) mass is 343 g/mol. The van der Waals surface area contributed by atoms with Gasteiger partial charge in [-0.3, -0.25) is 4.79 Å². The molecule has 136 valence electrons. The van der Waals surface area contributed by atoms with Gasteiger partial charge in [0.25, 0.3) is 5.91 Å². The summed E-state index contributed by atoms with van der Waals surface area (Å²) in [5.41, 5.74) is 1.96. The fraction of sp³-hybridized carbons (Fsp3) is 0.650. The number of carbonyl (C=O) groups excluding carboxylic acids is 1. The van der Waals surface area contributed by atoms with Crippen LogP contribution < -0.4 is 16.0 Å². The van der Waals surface area contributed by atoms with Crippen LogP contribution in [0.2, 0.25) is 0 Å². The second-order valence-electron chi connectivity index (χ2n) is 7.67. The van der Waals surface area contributed by atoms with Gasteiger partial charge in [-0.15, -0.1) is 0 Å². The fourth-order valence-electron chi connectivity index (χ4n) is 4.15. The minimum absolute atomic E-state index is 0.0617. The van der Waals surface area contributed by atoms with Gasteiger partial charge in [-0.25, -0.2) is 0 Å². The topological polar surface area (TPSA) is 62.4 Å². The Kier molecular flexibility index (Phi) is 5.34. The van der Waals surface area contributed by atoms with Gasteiger partial charge in [0.1, 0.15) is 0 Å². The zero-order valence-corrected chi connectivity index (χ0v) is 14.8. The molecule has 1 amide bonds. The zero-order chi connectivity index (χ0) is 17.1. The van der Waals surface area contributed by atoms with Crippen molar-refractivity contribution in [1.29, 1.82) is 0 Å². The Bertz CT molecular complexity index is 596. The first-order chi connectivity index (χ1) is 12.3. The summed E-state index contributed by atoms with van der Waals surface area (Å²) in [4.78, 5) is 12.2. The highest BCUT2D eigenvalue weighted by molar-refractivity contribution is 5.94. The normalized spacial score (nSPS) is 29.5. The van der Waals surface area contributed by atoms with E-state index in [1.165, 1.54) is 24.8 Å². The maximum absolute atomic E-state index is 12.2. The zero-order valence-electron chi connectivity index (χ0n) is 14.8. The highest BCUT2D eigenvalue weighted by Gasteiger charge is 2.34. The van der Waals surface area contributed by atoms with E-state index >= 15 is 0 Å². The van der Waals surface area contributed by atoms with E-state index in [4.69, 9.17) is 4.74 Å². The first kappa shape index (κ1) is 17.0. The second-order valence-corrected chi connectivity index (χ2v) is 7.67. The van der Waals surface area contributed by atoms with Crippen molar-refractivity contribution in [2.24, 2.45) is 5.92 Å². The van der Waals surface area contributed by atoms with E-state index in [9.17, 15) is 4.79 Å². The van der Waals surface area contributed by atoms with Crippen LogP contribution in [-0.2, 0) is 11.3 Å². The van der Waals surface area contributed by atoms with Gasteiger partial charge >= 0.3 is 0 Å². The van der Waals surface area contributed by atoms with Crippen LogP contribution >= 0.6 is 0 Å². The molecule has 1 saturated heterocycles. The van der Waals surface area contributed by atoms with Gasteiger partial charge in [0.2, 0.25) is 0 Å². The Morgan fingerprint density at radius 3 is 2.96 bits per heavy atom. The summed E-state index contributed by atoms with van der Waals surface area (Å²) in [6, 6.07) is 9.43. The van der Waals surface area contributed by atoms with E-state index in [0.29, 0.717) is 24.0 Å². The molecule has 2 aliphatic carbocycles. The third kappa shape index (κ3) is 4.40. The van der Waals surface area contributed by atoms with Gasteiger partial charge in [0.05, 0.1) is 13.2 Å². The third-order valence-electron chi connectivity index (χ3n) is 5.71. The van der Waals surface area contributed by atoms with E-state index in [-0.39, 0.29) is 5.91 Å². The molecule has 3 N–H and O–H groups in total. The Labute approximate surface area is 149 Å². The number of ether oxygens (including phenoxy) is 1. The third-order valence-corrected chi connectivity index (χ3v) is 5.71. The van der Waals surface area contributed by atoms with E-state index in [1.807, 2.05) is 18.2 Å². The molecule has 0 bridgehead atoms. The molecule has 0 aromatic heterocycles. The molecule has 25 heavy (non-hydrogen) atoms. The molecule has 2 saturated carbocycles. The molecule has 1 aliphatic heterocycles. The quantitative estimate of drug-likeness (QED) is 0.737. The van der Waals surface area contributed by atoms with Crippen LogP contribution in [0.25, 0.3) is 0 Å². The first-order valence-corrected chi connectivity index (χ1v) is 9.74. The molecule has 3 unspecified atom stereocenters. The van der Waals surface area contributed by atoms with Crippen molar-refractivity contribution in [2.45, 2.75) is 56.8 Å². The van der Waals surface area contributed by atoms with E-state index < -0.39 is 0 Å². The lowest BCUT2D eigenvalue weighted by molar-refractivity contribution is 0.0524. The van der Waals surface area contributed by atoms with Crippen LogP contribution in [0.15, 0.2) is 24.3 Å². The molecule has 3 fully saturated rings. The number of hydrogen-bond donors (Lipinski definition) is 3.